The quantitative estimate of drug-likeness (QED) is 0.685. The molecule has 2 N–H and O–H groups in total. The highest BCUT2D eigenvalue weighted by Crippen LogP contribution is 2.30. The van der Waals surface area contributed by atoms with Crippen LogP contribution in [0, 0.1) is 0 Å². The molecule has 3 aromatic rings. The molecule has 0 fully saturated rings. The number of anilines is 1. The Morgan fingerprint density at radius 2 is 1.61 bits per heavy atom. The summed E-state index contributed by atoms with van der Waals surface area (Å²) in [5.74, 6) is 0. The largest absolute Gasteiger partial charge is 0.416 e. The van der Waals surface area contributed by atoms with Crippen LogP contribution in [0.5, 0.6) is 0 Å². The van der Waals surface area contributed by atoms with Crippen LogP contribution in [-0.2, 0) is 12.6 Å². The van der Waals surface area contributed by atoms with Crippen LogP contribution in [-0.4, -0.2) is 4.98 Å². The van der Waals surface area contributed by atoms with E-state index >= 15 is 0 Å². The average Bonchev–Trinajstić information content (AvgIpc) is 2.96. The lowest BCUT2D eigenvalue weighted by Crippen LogP contribution is -2.04. The van der Waals surface area contributed by atoms with Crippen molar-refractivity contribution in [2.24, 2.45) is 0 Å². The second kappa shape index (κ2) is 6.04. The summed E-state index contributed by atoms with van der Waals surface area (Å²) in [4.78, 5) is 4.53. The second-order valence-corrected chi connectivity index (χ2v) is 6.06. The molecule has 3 rings (SSSR count). The van der Waals surface area contributed by atoms with Gasteiger partial charge in [0.25, 0.3) is 0 Å². The zero-order valence-corrected chi connectivity index (χ0v) is 12.8. The van der Waals surface area contributed by atoms with Gasteiger partial charge in [-0.15, -0.1) is 11.3 Å². The molecule has 0 bridgehead atoms. The van der Waals surface area contributed by atoms with Crippen LogP contribution in [0.2, 0.25) is 0 Å². The minimum Gasteiger partial charge on any atom is -0.399 e. The highest BCUT2D eigenvalue weighted by molar-refractivity contribution is 7.10. The minimum atomic E-state index is -4.30. The molecule has 0 unspecified atom stereocenters. The van der Waals surface area contributed by atoms with E-state index in [-0.39, 0.29) is 0 Å². The van der Waals surface area contributed by atoms with E-state index in [1.54, 1.807) is 0 Å². The van der Waals surface area contributed by atoms with Gasteiger partial charge in [0.1, 0.15) is 0 Å². The van der Waals surface area contributed by atoms with Crippen LogP contribution < -0.4 is 5.73 Å². The van der Waals surface area contributed by atoms with Crippen molar-refractivity contribution in [3.63, 3.8) is 0 Å². The van der Waals surface area contributed by atoms with Crippen molar-refractivity contribution < 1.29 is 13.2 Å². The molecule has 0 saturated heterocycles. The van der Waals surface area contributed by atoms with Gasteiger partial charge in [0.2, 0.25) is 0 Å². The molecule has 0 atom stereocenters. The summed E-state index contributed by atoms with van der Waals surface area (Å²) < 4.78 is 37.6. The Morgan fingerprint density at radius 3 is 2.22 bits per heavy atom. The van der Waals surface area contributed by atoms with E-state index in [9.17, 15) is 13.2 Å². The molecule has 1 heterocycles. The molecule has 2 nitrogen and oxygen atoms in total. The fraction of sp³-hybridized carbons (Fsp3) is 0.118. The summed E-state index contributed by atoms with van der Waals surface area (Å²) in [6.07, 6.45) is -3.79. The van der Waals surface area contributed by atoms with E-state index in [1.807, 2.05) is 29.6 Å². The van der Waals surface area contributed by atoms with E-state index in [4.69, 9.17) is 5.73 Å². The maximum absolute atomic E-state index is 12.5. The Labute approximate surface area is 135 Å². The number of halogens is 3. The molecular weight excluding hydrogens is 321 g/mol. The Bertz CT molecular complexity index is 790. The number of alkyl halides is 3. The molecule has 1 aromatic heterocycles. The van der Waals surface area contributed by atoms with Gasteiger partial charge in [-0.05, 0) is 29.8 Å². The highest BCUT2D eigenvalue weighted by atomic mass is 32.1. The summed E-state index contributed by atoms with van der Waals surface area (Å²) >= 11 is 1.49. The van der Waals surface area contributed by atoms with Gasteiger partial charge < -0.3 is 5.73 Å². The second-order valence-electron chi connectivity index (χ2n) is 5.12. The number of nitrogen functional groups attached to an aromatic ring is 1. The molecule has 0 aliphatic carbocycles. The summed E-state index contributed by atoms with van der Waals surface area (Å²) in [7, 11) is 0. The molecule has 0 spiro atoms. The van der Waals surface area contributed by atoms with E-state index in [2.05, 4.69) is 4.98 Å². The average molecular weight is 334 g/mol. The van der Waals surface area contributed by atoms with Crippen molar-refractivity contribution in [3.8, 4) is 11.3 Å². The number of benzene rings is 2. The first-order valence-corrected chi connectivity index (χ1v) is 7.76. The standard InChI is InChI=1S/C17H13F3N2S/c18-17(19,20)13-5-1-11(2-6-13)9-16-22-15(10-23-16)12-3-7-14(21)8-4-12/h1-8,10H,9,21H2. The maximum Gasteiger partial charge on any atom is 0.416 e. The van der Waals surface area contributed by atoms with Gasteiger partial charge in [0.05, 0.1) is 16.3 Å². The van der Waals surface area contributed by atoms with Crippen molar-refractivity contribution in [2.75, 3.05) is 5.73 Å². The van der Waals surface area contributed by atoms with Gasteiger partial charge in [0, 0.05) is 23.1 Å². The number of rotatable bonds is 3. The molecular formula is C17H13F3N2S. The Balaban J connectivity index is 1.75. The van der Waals surface area contributed by atoms with E-state index < -0.39 is 11.7 Å². The van der Waals surface area contributed by atoms with Gasteiger partial charge in [-0.1, -0.05) is 24.3 Å². The Kier molecular flexibility index (Phi) is 4.09. The topological polar surface area (TPSA) is 38.9 Å². The van der Waals surface area contributed by atoms with Gasteiger partial charge in [-0.3, -0.25) is 0 Å². The van der Waals surface area contributed by atoms with Crippen molar-refractivity contribution in [2.45, 2.75) is 12.6 Å². The Morgan fingerprint density at radius 1 is 0.957 bits per heavy atom. The van der Waals surface area contributed by atoms with Crippen LogP contribution in [0.25, 0.3) is 11.3 Å². The van der Waals surface area contributed by atoms with Gasteiger partial charge in [-0.25, -0.2) is 4.98 Å². The number of hydrogen-bond acceptors (Lipinski definition) is 3. The first kappa shape index (κ1) is 15.6. The maximum atomic E-state index is 12.5. The van der Waals surface area contributed by atoms with Crippen molar-refractivity contribution >= 4 is 17.0 Å². The van der Waals surface area contributed by atoms with Crippen LogP contribution in [0.4, 0.5) is 18.9 Å². The first-order valence-electron chi connectivity index (χ1n) is 6.88. The van der Waals surface area contributed by atoms with Crippen LogP contribution in [0.15, 0.2) is 53.9 Å². The van der Waals surface area contributed by atoms with Crippen molar-refractivity contribution in [1.29, 1.82) is 0 Å². The molecule has 23 heavy (non-hydrogen) atoms. The normalized spacial score (nSPS) is 11.6. The third-order valence-corrected chi connectivity index (χ3v) is 4.24. The summed E-state index contributed by atoms with van der Waals surface area (Å²) in [5, 5.41) is 2.79. The summed E-state index contributed by atoms with van der Waals surface area (Å²) in [5.41, 5.74) is 8.32. The van der Waals surface area contributed by atoms with Gasteiger partial charge in [0.15, 0.2) is 0 Å². The van der Waals surface area contributed by atoms with Crippen LogP contribution in [0.3, 0.4) is 0 Å². The summed E-state index contributed by atoms with van der Waals surface area (Å²) in [6, 6.07) is 12.6. The first-order chi connectivity index (χ1) is 10.9. The van der Waals surface area contributed by atoms with Crippen LogP contribution in [0.1, 0.15) is 16.1 Å². The zero-order valence-electron chi connectivity index (χ0n) is 12.0. The van der Waals surface area contributed by atoms with Gasteiger partial charge >= 0.3 is 6.18 Å². The van der Waals surface area contributed by atoms with E-state index in [1.165, 1.54) is 23.5 Å². The third-order valence-electron chi connectivity index (χ3n) is 3.39. The fourth-order valence-electron chi connectivity index (χ4n) is 2.16. The predicted octanol–water partition coefficient (Wildman–Crippen LogP) is 5.00. The monoisotopic (exact) mass is 334 g/mol. The minimum absolute atomic E-state index is 0.512. The highest BCUT2D eigenvalue weighted by Gasteiger charge is 2.29. The molecule has 0 aliphatic rings. The van der Waals surface area contributed by atoms with E-state index in [0.29, 0.717) is 12.1 Å². The molecule has 2 aromatic carbocycles. The van der Waals surface area contributed by atoms with Crippen LogP contribution >= 0.6 is 11.3 Å². The molecule has 0 amide bonds. The molecule has 0 saturated carbocycles. The van der Waals surface area contributed by atoms with Crippen molar-refractivity contribution in [1.82, 2.24) is 4.98 Å². The Hall–Kier alpha value is -2.34. The number of aromatic nitrogens is 1. The number of nitrogens with two attached hydrogens (primary N) is 1. The molecule has 0 radical (unpaired) electrons. The smallest absolute Gasteiger partial charge is 0.399 e. The number of nitrogens with zero attached hydrogens (tertiary/aromatic N) is 1. The van der Waals surface area contributed by atoms with Crippen molar-refractivity contribution in [3.05, 3.63) is 70.0 Å². The number of thiazole rings is 1. The lowest BCUT2D eigenvalue weighted by atomic mass is 10.1. The molecule has 6 heteroatoms. The van der Waals surface area contributed by atoms with Gasteiger partial charge in [-0.2, -0.15) is 13.2 Å². The number of hydrogen-bond donors (Lipinski definition) is 1. The summed E-state index contributed by atoms with van der Waals surface area (Å²) in [6.45, 7) is 0. The molecule has 0 aliphatic heterocycles. The lowest BCUT2D eigenvalue weighted by Gasteiger charge is -2.06. The van der Waals surface area contributed by atoms with E-state index in [0.717, 1.165) is 34.0 Å². The lowest BCUT2D eigenvalue weighted by molar-refractivity contribution is -0.137. The fourth-order valence-corrected chi connectivity index (χ4v) is 3.00. The SMILES string of the molecule is Nc1ccc(-c2csc(Cc3ccc(C(F)(F)F)cc3)n2)cc1. The predicted molar refractivity (Wildman–Crippen MR) is 86.2 cm³/mol. The zero-order chi connectivity index (χ0) is 16.4. The molecule has 118 valence electrons. The third kappa shape index (κ3) is 3.71.